The third-order valence-electron chi connectivity index (χ3n) is 4.11. The average Bonchev–Trinajstić information content (AvgIpc) is 2.58. The van der Waals surface area contributed by atoms with Crippen molar-refractivity contribution in [1.82, 2.24) is 5.32 Å². The monoisotopic (exact) mass is 358 g/mol. The van der Waals surface area contributed by atoms with E-state index in [1.54, 1.807) is 32.0 Å². The molecule has 0 aromatic heterocycles. The van der Waals surface area contributed by atoms with E-state index in [9.17, 15) is 9.59 Å². The Morgan fingerprint density at radius 3 is 2.36 bits per heavy atom. The summed E-state index contributed by atoms with van der Waals surface area (Å²) in [4.78, 5) is 25.0. The van der Waals surface area contributed by atoms with E-state index in [4.69, 9.17) is 11.6 Å². The second kappa shape index (κ2) is 8.17. The van der Waals surface area contributed by atoms with Gasteiger partial charge in [0.15, 0.2) is 0 Å². The minimum Gasteiger partial charge on any atom is -0.355 e. The average molecular weight is 359 g/mol. The number of aryl methyl sites for hydroxylation is 1. The zero-order valence-corrected chi connectivity index (χ0v) is 15.5. The van der Waals surface area contributed by atoms with Gasteiger partial charge in [-0.1, -0.05) is 41.9 Å². The van der Waals surface area contributed by atoms with Crippen LogP contribution in [0.15, 0.2) is 48.5 Å². The van der Waals surface area contributed by atoms with Crippen LogP contribution in [0.2, 0.25) is 5.02 Å². The minimum atomic E-state index is -1.18. The van der Waals surface area contributed by atoms with Crippen molar-refractivity contribution in [2.75, 3.05) is 11.9 Å². The van der Waals surface area contributed by atoms with E-state index >= 15 is 0 Å². The van der Waals surface area contributed by atoms with Gasteiger partial charge in [-0.2, -0.15) is 0 Å². The van der Waals surface area contributed by atoms with Gasteiger partial charge in [0.25, 0.3) is 0 Å². The van der Waals surface area contributed by atoms with E-state index in [0.717, 1.165) is 17.5 Å². The predicted molar refractivity (Wildman–Crippen MR) is 102 cm³/mol. The van der Waals surface area contributed by atoms with Crippen molar-refractivity contribution in [2.45, 2.75) is 27.2 Å². The lowest BCUT2D eigenvalue weighted by molar-refractivity contribution is -0.138. The van der Waals surface area contributed by atoms with E-state index in [-0.39, 0.29) is 11.8 Å². The fourth-order valence-corrected chi connectivity index (χ4v) is 2.56. The summed E-state index contributed by atoms with van der Waals surface area (Å²) >= 11 is 5.92. The lowest BCUT2D eigenvalue weighted by Crippen LogP contribution is -2.45. The number of anilines is 1. The molecule has 2 N–H and O–H groups in total. The molecule has 132 valence electrons. The third kappa shape index (κ3) is 5.07. The highest BCUT2D eigenvalue weighted by Gasteiger charge is 2.36. The van der Waals surface area contributed by atoms with Crippen LogP contribution in [0.3, 0.4) is 0 Å². The van der Waals surface area contributed by atoms with Crippen molar-refractivity contribution in [3.8, 4) is 0 Å². The number of benzene rings is 2. The third-order valence-corrected chi connectivity index (χ3v) is 4.35. The molecule has 0 spiro atoms. The molecular weight excluding hydrogens is 336 g/mol. The molecule has 0 heterocycles. The van der Waals surface area contributed by atoms with Crippen molar-refractivity contribution >= 4 is 29.1 Å². The number of carbonyl (C=O) groups is 2. The van der Waals surface area contributed by atoms with Crippen LogP contribution in [0.5, 0.6) is 0 Å². The fraction of sp³-hybridized carbons (Fsp3) is 0.300. The van der Waals surface area contributed by atoms with Gasteiger partial charge < -0.3 is 10.6 Å². The Balaban J connectivity index is 1.93. The molecule has 0 aliphatic heterocycles. The van der Waals surface area contributed by atoms with Crippen molar-refractivity contribution in [1.29, 1.82) is 0 Å². The van der Waals surface area contributed by atoms with Gasteiger partial charge in [-0.15, -0.1) is 0 Å². The molecule has 0 unspecified atom stereocenters. The van der Waals surface area contributed by atoms with Crippen LogP contribution < -0.4 is 10.6 Å². The lowest BCUT2D eigenvalue weighted by Gasteiger charge is -2.23. The first-order valence-corrected chi connectivity index (χ1v) is 8.58. The number of nitrogens with one attached hydrogen (secondary N) is 2. The first kappa shape index (κ1) is 19.0. The van der Waals surface area contributed by atoms with Gasteiger partial charge in [0.05, 0.1) is 0 Å². The fourth-order valence-electron chi connectivity index (χ4n) is 2.34. The highest BCUT2D eigenvalue weighted by molar-refractivity contribution is 6.30. The number of carbonyl (C=O) groups excluding carboxylic acids is 2. The van der Waals surface area contributed by atoms with Crippen molar-refractivity contribution in [2.24, 2.45) is 5.41 Å². The van der Waals surface area contributed by atoms with Crippen molar-refractivity contribution in [3.63, 3.8) is 0 Å². The standard InChI is InChI=1S/C20H23ClN2O2/c1-14-13-16(21)9-10-17(14)23-19(25)20(2,3)18(24)22-12-11-15-7-5-4-6-8-15/h4-10,13H,11-12H2,1-3H3,(H,22,24)(H,23,25). The molecule has 0 aliphatic rings. The van der Waals surface area contributed by atoms with E-state index in [1.807, 2.05) is 37.3 Å². The lowest BCUT2D eigenvalue weighted by atomic mass is 9.90. The molecule has 2 aromatic rings. The van der Waals surface area contributed by atoms with Crippen LogP contribution in [-0.4, -0.2) is 18.4 Å². The van der Waals surface area contributed by atoms with E-state index in [1.165, 1.54) is 0 Å². The summed E-state index contributed by atoms with van der Waals surface area (Å²) < 4.78 is 0. The summed E-state index contributed by atoms with van der Waals surface area (Å²) in [5.41, 5.74) is 1.46. The molecule has 0 bridgehead atoms. The quantitative estimate of drug-likeness (QED) is 0.767. The van der Waals surface area contributed by atoms with Gasteiger partial charge in [-0.25, -0.2) is 0 Å². The summed E-state index contributed by atoms with van der Waals surface area (Å²) in [7, 11) is 0. The molecule has 5 heteroatoms. The summed E-state index contributed by atoms with van der Waals surface area (Å²) in [6, 6.07) is 15.1. The Labute approximate surface area is 153 Å². The van der Waals surface area contributed by atoms with E-state index < -0.39 is 5.41 Å². The molecule has 2 aromatic carbocycles. The SMILES string of the molecule is Cc1cc(Cl)ccc1NC(=O)C(C)(C)C(=O)NCCc1ccccc1. The van der Waals surface area contributed by atoms with Crippen molar-refractivity contribution in [3.05, 3.63) is 64.7 Å². The number of hydrogen-bond donors (Lipinski definition) is 2. The second-order valence-corrected chi connectivity index (χ2v) is 6.97. The maximum Gasteiger partial charge on any atom is 0.239 e. The molecule has 25 heavy (non-hydrogen) atoms. The van der Waals surface area contributed by atoms with Gasteiger partial charge in [-0.05, 0) is 56.5 Å². The largest absolute Gasteiger partial charge is 0.355 e. The molecule has 0 atom stereocenters. The van der Waals surface area contributed by atoms with Crippen LogP contribution in [0, 0.1) is 12.3 Å². The van der Waals surface area contributed by atoms with Gasteiger partial charge in [0.2, 0.25) is 11.8 Å². The molecule has 0 aliphatic carbocycles. The van der Waals surface area contributed by atoms with Gasteiger partial charge in [0.1, 0.15) is 5.41 Å². The van der Waals surface area contributed by atoms with Crippen LogP contribution in [0.1, 0.15) is 25.0 Å². The molecule has 2 rings (SSSR count). The maximum absolute atomic E-state index is 12.5. The molecule has 2 amide bonds. The first-order valence-electron chi connectivity index (χ1n) is 8.20. The smallest absolute Gasteiger partial charge is 0.239 e. The highest BCUT2D eigenvalue weighted by Crippen LogP contribution is 2.23. The summed E-state index contributed by atoms with van der Waals surface area (Å²) in [6.07, 6.45) is 0.723. The number of halogens is 1. The Bertz CT molecular complexity index is 758. The van der Waals surface area contributed by atoms with Crippen LogP contribution in [0.4, 0.5) is 5.69 Å². The number of amides is 2. The Morgan fingerprint density at radius 1 is 1.04 bits per heavy atom. The Kier molecular flexibility index (Phi) is 6.21. The normalized spacial score (nSPS) is 11.0. The maximum atomic E-state index is 12.5. The van der Waals surface area contributed by atoms with Gasteiger partial charge in [-0.3, -0.25) is 9.59 Å². The predicted octanol–water partition coefficient (Wildman–Crippen LogP) is 3.97. The molecular formula is C20H23ClN2O2. The molecule has 0 radical (unpaired) electrons. The van der Waals surface area contributed by atoms with Crippen LogP contribution in [0.25, 0.3) is 0 Å². The summed E-state index contributed by atoms with van der Waals surface area (Å²) in [5.74, 6) is -0.650. The van der Waals surface area contributed by atoms with Gasteiger partial charge in [0, 0.05) is 17.3 Å². The number of hydrogen-bond acceptors (Lipinski definition) is 2. The van der Waals surface area contributed by atoms with Crippen LogP contribution in [-0.2, 0) is 16.0 Å². The molecule has 0 saturated carbocycles. The molecule has 4 nitrogen and oxygen atoms in total. The van der Waals surface area contributed by atoms with Crippen molar-refractivity contribution < 1.29 is 9.59 Å². The Hall–Kier alpha value is -2.33. The van der Waals surface area contributed by atoms with Gasteiger partial charge >= 0.3 is 0 Å². The summed E-state index contributed by atoms with van der Waals surface area (Å²) in [6.45, 7) is 5.57. The van der Waals surface area contributed by atoms with E-state index in [0.29, 0.717) is 17.3 Å². The zero-order valence-electron chi connectivity index (χ0n) is 14.7. The number of rotatable bonds is 6. The zero-order chi connectivity index (χ0) is 18.4. The Morgan fingerprint density at radius 2 is 1.72 bits per heavy atom. The minimum absolute atomic E-state index is 0.299. The molecule has 0 saturated heterocycles. The highest BCUT2D eigenvalue weighted by atomic mass is 35.5. The first-order chi connectivity index (χ1) is 11.8. The van der Waals surface area contributed by atoms with E-state index in [2.05, 4.69) is 10.6 Å². The molecule has 0 fully saturated rings. The summed E-state index contributed by atoms with van der Waals surface area (Å²) in [5, 5.41) is 6.25. The topological polar surface area (TPSA) is 58.2 Å². The van der Waals surface area contributed by atoms with Crippen LogP contribution >= 0.6 is 11.6 Å². The second-order valence-electron chi connectivity index (χ2n) is 6.53.